The number of alkyl carbamates (subject to hydrolysis) is 1. The van der Waals surface area contributed by atoms with Crippen molar-refractivity contribution in [3.8, 4) is 0 Å². The van der Waals surface area contributed by atoms with Crippen molar-refractivity contribution < 1.29 is 9.53 Å². The number of halogens is 1. The highest BCUT2D eigenvalue weighted by Gasteiger charge is 2.29. The summed E-state index contributed by atoms with van der Waals surface area (Å²) >= 11 is 5.17. The van der Waals surface area contributed by atoms with Gasteiger partial charge in [-0.3, -0.25) is 0 Å². The van der Waals surface area contributed by atoms with Gasteiger partial charge in [0.2, 0.25) is 0 Å². The van der Waals surface area contributed by atoms with Gasteiger partial charge in [-0.2, -0.15) is 0 Å². The van der Waals surface area contributed by atoms with Crippen LogP contribution in [0.15, 0.2) is 9.98 Å². The highest BCUT2D eigenvalue weighted by atomic mass is 79.9. The number of hydrogen-bond donors (Lipinski definition) is 1. The Bertz CT molecular complexity index is 453. The van der Waals surface area contributed by atoms with Gasteiger partial charge in [-0.15, -0.1) is 11.3 Å². The summed E-state index contributed by atoms with van der Waals surface area (Å²) in [5.74, 6) is 0.550. The van der Waals surface area contributed by atoms with Gasteiger partial charge in [0.25, 0.3) is 0 Å². The second kappa shape index (κ2) is 5.79. The second-order valence-electron chi connectivity index (χ2n) is 5.30. The molecule has 2 saturated carbocycles. The third kappa shape index (κ3) is 3.69. The molecule has 0 radical (unpaired) electrons. The molecule has 4 nitrogen and oxygen atoms in total. The van der Waals surface area contributed by atoms with E-state index >= 15 is 0 Å². The van der Waals surface area contributed by atoms with Gasteiger partial charge in [-0.25, -0.2) is 9.78 Å². The molecule has 19 heavy (non-hydrogen) atoms. The molecule has 104 valence electrons. The number of nitrogens with one attached hydrogen (secondary N) is 1. The monoisotopic (exact) mass is 344 g/mol. The van der Waals surface area contributed by atoms with Crippen molar-refractivity contribution in [1.82, 2.24) is 10.3 Å². The number of thiazole rings is 1. The molecule has 1 aromatic heterocycles. The van der Waals surface area contributed by atoms with Crippen LogP contribution in [0.1, 0.15) is 49.5 Å². The average molecular weight is 345 g/mol. The molecule has 3 rings (SSSR count). The van der Waals surface area contributed by atoms with Gasteiger partial charge >= 0.3 is 6.09 Å². The summed E-state index contributed by atoms with van der Waals surface area (Å²) in [5.41, 5.74) is 0. The third-order valence-corrected chi connectivity index (χ3v) is 5.33. The number of hydrogen-bond acceptors (Lipinski definition) is 4. The molecule has 1 N–H and O–H groups in total. The molecule has 0 aromatic carbocycles. The molecule has 0 aliphatic heterocycles. The minimum absolute atomic E-state index is 0.184. The quantitative estimate of drug-likeness (QED) is 0.906. The predicted molar refractivity (Wildman–Crippen MR) is 77.4 cm³/mol. The molecule has 6 heteroatoms. The van der Waals surface area contributed by atoms with E-state index in [4.69, 9.17) is 4.74 Å². The highest BCUT2D eigenvalue weighted by Crippen LogP contribution is 2.36. The van der Waals surface area contributed by atoms with Crippen molar-refractivity contribution in [2.45, 2.75) is 56.6 Å². The minimum atomic E-state index is -0.233. The first-order valence-electron chi connectivity index (χ1n) is 6.79. The third-order valence-electron chi connectivity index (χ3n) is 3.69. The van der Waals surface area contributed by atoms with Crippen LogP contribution in [0.2, 0.25) is 0 Å². The number of aromatic nitrogens is 1. The van der Waals surface area contributed by atoms with E-state index in [1.54, 1.807) is 11.3 Å². The number of nitrogens with zero attached hydrogens (tertiary/aromatic N) is 1. The lowest BCUT2D eigenvalue weighted by Gasteiger charge is -2.27. The van der Waals surface area contributed by atoms with Gasteiger partial charge in [0.1, 0.15) is 6.10 Å². The van der Waals surface area contributed by atoms with Crippen molar-refractivity contribution in [3.05, 3.63) is 15.0 Å². The highest BCUT2D eigenvalue weighted by molar-refractivity contribution is 9.11. The van der Waals surface area contributed by atoms with E-state index in [9.17, 15) is 4.79 Å². The van der Waals surface area contributed by atoms with Gasteiger partial charge in [0.15, 0.2) is 0 Å². The zero-order valence-corrected chi connectivity index (χ0v) is 13.0. The largest absolute Gasteiger partial charge is 0.446 e. The van der Waals surface area contributed by atoms with E-state index in [1.165, 1.54) is 5.01 Å². The second-order valence-corrected chi connectivity index (χ2v) is 7.74. The topological polar surface area (TPSA) is 51.2 Å². The molecule has 2 fully saturated rings. The Balaban J connectivity index is 1.45. The first kappa shape index (κ1) is 13.4. The fourth-order valence-corrected chi connectivity index (χ4v) is 3.89. The van der Waals surface area contributed by atoms with Crippen LogP contribution in [0, 0.1) is 0 Å². The molecule has 1 heterocycles. The lowest BCUT2D eigenvalue weighted by atomic mass is 9.86. The Morgan fingerprint density at radius 2 is 2.05 bits per heavy atom. The zero-order chi connectivity index (χ0) is 13.2. The van der Waals surface area contributed by atoms with E-state index < -0.39 is 0 Å². The van der Waals surface area contributed by atoms with Crippen LogP contribution in [-0.2, 0) is 4.74 Å². The minimum Gasteiger partial charge on any atom is -0.446 e. The van der Waals surface area contributed by atoms with Crippen LogP contribution in [0.4, 0.5) is 4.79 Å². The molecular formula is C13H17BrN2O2S. The molecule has 2 aliphatic carbocycles. The van der Waals surface area contributed by atoms with Crippen molar-refractivity contribution in [1.29, 1.82) is 0 Å². The van der Waals surface area contributed by atoms with Crippen LogP contribution < -0.4 is 5.32 Å². The summed E-state index contributed by atoms with van der Waals surface area (Å²) in [6.07, 6.45) is 8.09. The Morgan fingerprint density at radius 1 is 1.32 bits per heavy atom. The van der Waals surface area contributed by atoms with Crippen molar-refractivity contribution in [2.24, 2.45) is 0 Å². The Labute approximate surface area is 125 Å². The van der Waals surface area contributed by atoms with E-state index in [0.29, 0.717) is 5.92 Å². The smallest absolute Gasteiger partial charge is 0.407 e. The SMILES string of the molecule is O=C(N[C@H]1CC[C@H](c2ncc(Br)s2)CC1)OC1CC1. The predicted octanol–water partition coefficient (Wildman–Crippen LogP) is 3.82. The van der Waals surface area contributed by atoms with Crippen LogP contribution in [0.5, 0.6) is 0 Å². The first-order valence-corrected chi connectivity index (χ1v) is 8.40. The molecule has 1 aromatic rings. The van der Waals surface area contributed by atoms with Crippen LogP contribution in [-0.4, -0.2) is 23.2 Å². The lowest BCUT2D eigenvalue weighted by Crippen LogP contribution is -2.38. The molecule has 0 unspecified atom stereocenters. The number of ether oxygens (including phenoxy) is 1. The Morgan fingerprint density at radius 3 is 2.63 bits per heavy atom. The maximum absolute atomic E-state index is 11.6. The summed E-state index contributed by atoms with van der Waals surface area (Å²) in [6.45, 7) is 0. The van der Waals surface area contributed by atoms with Gasteiger partial charge in [-0.05, 0) is 54.5 Å². The maximum Gasteiger partial charge on any atom is 0.407 e. The van der Waals surface area contributed by atoms with E-state index in [1.807, 2.05) is 6.20 Å². The maximum atomic E-state index is 11.6. The van der Waals surface area contributed by atoms with Gasteiger partial charge < -0.3 is 10.1 Å². The van der Waals surface area contributed by atoms with Crippen LogP contribution in [0.25, 0.3) is 0 Å². The molecule has 0 atom stereocenters. The number of rotatable bonds is 3. The van der Waals surface area contributed by atoms with E-state index in [2.05, 4.69) is 26.2 Å². The normalized spacial score (nSPS) is 27.0. The molecule has 2 aliphatic rings. The molecule has 0 bridgehead atoms. The summed E-state index contributed by atoms with van der Waals surface area (Å²) < 4.78 is 6.31. The Hall–Kier alpha value is -0.620. The number of carbonyl (C=O) groups excluding carboxylic acids is 1. The van der Waals surface area contributed by atoms with Crippen LogP contribution >= 0.6 is 27.3 Å². The van der Waals surface area contributed by atoms with Crippen molar-refractivity contribution in [3.63, 3.8) is 0 Å². The Kier molecular flexibility index (Phi) is 4.07. The van der Waals surface area contributed by atoms with Gasteiger partial charge in [0, 0.05) is 12.0 Å². The lowest BCUT2D eigenvalue weighted by molar-refractivity contribution is 0.132. The number of amides is 1. The van der Waals surface area contributed by atoms with Crippen LogP contribution in [0.3, 0.4) is 0 Å². The summed E-state index contributed by atoms with van der Waals surface area (Å²) in [4.78, 5) is 16.0. The zero-order valence-electron chi connectivity index (χ0n) is 10.6. The molecular weight excluding hydrogens is 328 g/mol. The summed E-state index contributed by atoms with van der Waals surface area (Å²) in [7, 11) is 0. The van der Waals surface area contributed by atoms with Gasteiger partial charge in [0.05, 0.1) is 15.0 Å². The van der Waals surface area contributed by atoms with E-state index in [-0.39, 0.29) is 18.2 Å². The first-order chi connectivity index (χ1) is 9.20. The summed E-state index contributed by atoms with van der Waals surface area (Å²) in [5, 5.41) is 4.19. The van der Waals surface area contributed by atoms with Gasteiger partial charge in [-0.1, -0.05) is 0 Å². The standard InChI is InChI=1S/C13H17BrN2O2S/c14-11-7-15-12(19-11)8-1-3-9(4-2-8)16-13(17)18-10-5-6-10/h7-10H,1-6H2,(H,16,17)/t8-,9-. The average Bonchev–Trinajstić information content (AvgIpc) is 3.09. The number of carbonyl (C=O) groups is 1. The summed E-state index contributed by atoms with van der Waals surface area (Å²) in [6, 6.07) is 0.269. The molecule has 0 saturated heterocycles. The van der Waals surface area contributed by atoms with E-state index in [0.717, 1.165) is 42.3 Å². The van der Waals surface area contributed by atoms with Crippen molar-refractivity contribution >= 4 is 33.4 Å². The fraction of sp³-hybridized carbons (Fsp3) is 0.692. The molecule has 0 spiro atoms. The van der Waals surface area contributed by atoms with Crippen molar-refractivity contribution in [2.75, 3.05) is 0 Å². The molecule has 1 amide bonds. The fourth-order valence-electron chi connectivity index (χ4n) is 2.48.